The molecule has 40 heavy (non-hydrogen) atoms. The van der Waals surface area contributed by atoms with Gasteiger partial charge in [0.2, 0.25) is 17.7 Å². The second kappa shape index (κ2) is 12.0. The molecule has 2 aromatic heterocycles. The van der Waals surface area contributed by atoms with Crippen molar-refractivity contribution in [2.24, 2.45) is 0 Å². The molecule has 11 nitrogen and oxygen atoms in total. The summed E-state index contributed by atoms with van der Waals surface area (Å²) in [6.07, 6.45) is 5.38. The Labute approximate surface area is 230 Å². The first-order valence-electron chi connectivity index (χ1n) is 13.3. The van der Waals surface area contributed by atoms with Crippen LogP contribution in [0.25, 0.3) is 21.8 Å². The third-order valence-corrected chi connectivity index (χ3v) is 7.26. The van der Waals surface area contributed by atoms with E-state index in [-0.39, 0.29) is 24.8 Å². The summed E-state index contributed by atoms with van der Waals surface area (Å²) in [6.45, 7) is 0.305. The van der Waals surface area contributed by atoms with E-state index in [9.17, 15) is 24.3 Å². The van der Waals surface area contributed by atoms with E-state index in [4.69, 9.17) is 0 Å². The number of fused-ring (bicyclic) bond motifs is 2. The van der Waals surface area contributed by atoms with Crippen LogP contribution in [0, 0.1) is 0 Å². The summed E-state index contributed by atoms with van der Waals surface area (Å²) in [4.78, 5) is 57.0. The molecule has 4 aromatic rings. The van der Waals surface area contributed by atoms with Gasteiger partial charge in [-0.3, -0.25) is 14.4 Å². The van der Waals surface area contributed by atoms with Gasteiger partial charge in [-0.15, -0.1) is 0 Å². The van der Waals surface area contributed by atoms with Crippen LogP contribution in [0.15, 0.2) is 60.9 Å². The molecule has 0 aliphatic carbocycles. The first-order valence-corrected chi connectivity index (χ1v) is 13.3. The molecule has 0 saturated carbocycles. The third-order valence-electron chi connectivity index (χ3n) is 7.26. The molecule has 1 fully saturated rings. The minimum Gasteiger partial charge on any atom is -0.480 e. The lowest BCUT2D eigenvalue weighted by Gasteiger charge is -2.21. The second-order valence-corrected chi connectivity index (χ2v) is 10.0. The Hall–Kier alpha value is -4.64. The third kappa shape index (κ3) is 6.15. The number of carbonyl (C=O) groups is 4. The van der Waals surface area contributed by atoms with Crippen molar-refractivity contribution in [3.05, 3.63) is 72.1 Å². The van der Waals surface area contributed by atoms with Gasteiger partial charge in [-0.25, -0.2) is 4.79 Å². The molecule has 1 aliphatic rings. The second-order valence-electron chi connectivity index (χ2n) is 10.0. The normalized spacial score (nSPS) is 16.4. The number of carbonyl (C=O) groups excluding carboxylic acids is 3. The first-order chi connectivity index (χ1) is 19.4. The standard InChI is InChI=1S/C29H32N6O5/c36-26(34-25(29(39)40)13-18-15-32-22-9-4-2-7-20(18)22)16-33-27(37)24(35-28(38)23-10-5-11-30-23)12-17-14-31-21-8-3-1-6-19(17)21/h1-4,6-9,14-15,23-25,30-32H,5,10-13,16H2,(H,33,37)(H,34,36)(H,35,38)(H,39,40)/t23-,24-,25-/m0/s1. The zero-order valence-electron chi connectivity index (χ0n) is 21.8. The first kappa shape index (κ1) is 26.9. The zero-order chi connectivity index (χ0) is 28.1. The highest BCUT2D eigenvalue weighted by Gasteiger charge is 2.29. The average Bonchev–Trinajstić information content (AvgIpc) is 3.72. The maximum atomic E-state index is 13.2. The predicted octanol–water partition coefficient (Wildman–Crippen LogP) is 1.36. The fraction of sp³-hybridized carbons (Fsp3) is 0.310. The van der Waals surface area contributed by atoms with Gasteiger partial charge in [0.15, 0.2) is 0 Å². The Balaban J connectivity index is 1.23. The van der Waals surface area contributed by atoms with E-state index in [2.05, 4.69) is 31.2 Å². The smallest absolute Gasteiger partial charge is 0.326 e. The van der Waals surface area contributed by atoms with Gasteiger partial charge in [0, 0.05) is 47.0 Å². The highest BCUT2D eigenvalue weighted by molar-refractivity contribution is 5.94. The molecule has 0 unspecified atom stereocenters. The molecule has 208 valence electrons. The number of hydrogen-bond donors (Lipinski definition) is 7. The zero-order valence-corrected chi connectivity index (χ0v) is 21.8. The van der Waals surface area contributed by atoms with Crippen molar-refractivity contribution in [1.29, 1.82) is 0 Å². The highest BCUT2D eigenvalue weighted by Crippen LogP contribution is 2.20. The number of aliphatic carboxylic acids is 1. The van der Waals surface area contributed by atoms with Gasteiger partial charge in [0.1, 0.15) is 12.1 Å². The number of hydrogen-bond acceptors (Lipinski definition) is 5. The predicted molar refractivity (Wildman–Crippen MR) is 150 cm³/mol. The molecule has 1 aliphatic heterocycles. The van der Waals surface area contributed by atoms with Gasteiger partial charge < -0.3 is 36.3 Å². The number of para-hydroxylation sites is 2. The van der Waals surface area contributed by atoms with Crippen LogP contribution < -0.4 is 21.3 Å². The van der Waals surface area contributed by atoms with E-state index in [1.165, 1.54) is 0 Å². The van der Waals surface area contributed by atoms with Crippen molar-refractivity contribution in [3.8, 4) is 0 Å². The van der Waals surface area contributed by atoms with Crippen molar-refractivity contribution in [2.45, 2.75) is 43.8 Å². The Morgan fingerprint density at radius 1 is 0.850 bits per heavy atom. The van der Waals surface area contributed by atoms with Gasteiger partial charge in [-0.1, -0.05) is 36.4 Å². The fourth-order valence-corrected chi connectivity index (χ4v) is 5.17. The number of H-pyrrole nitrogens is 2. The largest absolute Gasteiger partial charge is 0.480 e. The summed E-state index contributed by atoms with van der Waals surface area (Å²) >= 11 is 0. The van der Waals surface area contributed by atoms with Crippen LogP contribution in [-0.4, -0.2) is 70.0 Å². The van der Waals surface area contributed by atoms with Gasteiger partial charge >= 0.3 is 5.97 Å². The Bertz CT molecular complexity index is 1540. The summed E-state index contributed by atoms with van der Waals surface area (Å²) in [6, 6.07) is 12.7. The van der Waals surface area contributed by atoms with E-state index in [1.807, 2.05) is 48.5 Å². The topological polar surface area (TPSA) is 168 Å². The molecule has 3 amide bonds. The van der Waals surface area contributed by atoms with Crippen molar-refractivity contribution in [3.63, 3.8) is 0 Å². The number of carboxylic acids is 1. The average molecular weight is 545 g/mol. The van der Waals surface area contributed by atoms with E-state index in [0.29, 0.717) is 6.42 Å². The van der Waals surface area contributed by atoms with Crippen molar-refractivity contribution in [1.82, 2.24) is 31.2 Å². The SMILES string of the molecule is O=C(CNC(=O)[C@H](Cc1c[nH]c2ccccc12)NC(=O)[C@@H]1CCCN1)N[C@@H](Cc1c[nH]c2ccccc12)C(=O)O. The van der Waals surface area contributed by atoms with Gasteiger partial charge in [-0.05, 0) is 42.6 Å². The fourth-order valence-electron chi connectivity index (χ4n) is 5.17. The highest BCUT2D eigenvalue weighted by atomic mass is 16.4. The quantitative estimate of drug-likeness (QED) is 0.150. The molecule has 7 N–H and O–H groups in total. The lowest BCUT2D eigenvalue weighted by molar-refractivity contribution is -0.141. The minimum atomic E-state index is -1.18. The number of carboxylic acid groups (broad SMARTS) is 1. The number of aromatic nitrogens is 2. The van der Waals surface area contributed by atoms with E-state index < -0.39 is 36.4 Å². The van der Waals surface area contributed by atoms with E-state index in [1.54, 1.807) is 12.4 Å². The van der Waals surface area contributed by atoms with Gasteiger partial charge in [0.05, 0.1) is 12.6 Å². The van der Waals surface area contributed by atoms with Crippen molar-refractivity contribution >= 4 is 45.5 Å². The van der Waals surface area contributed by atoms with E-state index >= 15 is 0 Å². The molecule has 5 rings (SSSR count). The molecular formula is C29H32N6O5. The summed E-state index contributed by atoms with van der Waals surface area (Å²) in [5.41, 5.74) is 3.39. The Morgan fingerprint density at radius 3 is 2.02 bits per heavy atom. The van der Waals surface area contributed by atoms with Gasteiger partial charge in [-0.2, -0.15) is 0 Å². The lowest BCUT2D eigenvalue weighted by atomic mass is 10.0. The summed E-state index contributed by atoms with van der Waals surface area (Å²) in [5, 5.41) is 22.6. The van der Waals surface area contributed by atoms with Crippen LogP contribution in [0.5, 0.6) is 0 Å². The van der Waals surface area contributed by atoms with Crippen molar-refractivity contribution < 1.29 is 24.3 Å². The maximum absolute atomic E-state index is 13.2. The molecule has 2 aromatic carbocycles. The summed E-state index contributed by atoms with van der Waals surface area (Å²) in [5.74, 6) is -2.63. The number of aromatic amines is 2. The molecule has 0 spiro atoms. The molecule has 0 radical (unpaired) electrons. The number of amides is 3. The molecule has 11 heteroatoms. The van der Waals surface area contributed by atoms with Crippen LogP contribution in [0.1, 0.15) is 24.0 Å². The number of rotatable bonds is 11. The monoisotopic (exact) mass is 544 g/mol. The van der Waals surface area contributed by atoms with Crippen LogP contribution in [0.4, 0.5) is 0 Å². The van der Waals surface area contributed by atoms with Crippen molar-refractivity contribution in [2.75, 3.05) is 13.1 Å². The maximum Gasteiger partial charge on any atom is 0.326 e. The summed E-state index contributed by atoms with van der Waals surface area (Å²) < 4.78 is 0. The van der Waals surface area contributed by atoms with Crippen LogP contribution >= 0.6 is 0 Å². The number of nitrogens with one attached hydrogen (secondary N) is 6. The van der Waals surface area contributed by atoms with Crippen LogP contribution in [0.2, 0.25) is 0 Å². The molecule has 0 bridgehead atoms. The molecule has 3 atom stereocenters. The minimum absolute atomic E-state index is 0.0761. The number of benzene rings is 2. The molecular weight excluding hydrogens is 512 g/mol. The Kier molecular flexibility index (Phi) is 8.11. The molecule has 1 saturated heterocycles. The summed E-state index contributed by atoms with van der Waals surface area (Å²) in [7, 11) is 0. The molecule has 3 heterocycles. The van der Waals surface area contributed by atoms with Gasteiger partial charge in [0.25, 0.3) is 0 Å². The van der Waals surface area contributed by atoms with Crippen LogP contribution in [-0.2, 0) is 32.0 Å². The van der Waals surface area contributed by atoms with E-state index in [0.717, 1.165) is 45.9 Å². The van der Waals surface area contributed by atoms with Crippen LogP contribution in [0.3, 0.4) is 0 Å². The lowest BCUT2D eigenvalue weighted by Crippen LogP contribution is -2.54. The Morgan fingerprint density at radius 2 is 1.45 bits per heavy atom.